The Morgan fingerprint density at radius 1 is 0.975 bits per heavy atom. The number of benzene rings is 3. The highest BCUT2D eigenvalue weighted by atomic mass is 35.5. The average molecular weight is 562 g/mol. The number of hydrogen-bond donors (Lipinski definition) is 2. The standard InChI is InChI=1S/C30H28ClN3O6/c1-18-26(33-30(37)39-19(2)23-11-7-8-12-24(23)31)27(40-34-18)21-13-15-22(16-14-21)28(35)32-25(29(36)38-3)17-20-9-5-4-6-10-20/h4-16,19,25H,17H2,1-3H3,(H,32,35)(H,33,37). The second kappa shape index (κ2) is 12.9. The fourth-order valence-corrected chi connectivity index (χ4v) is 4.36. The van der Waals surface area contributed by atoms with Gasteiger partial charge in [-0.2, -0.15) is 0 Å². The van der Waals surface area contributed by atoms with E-state index in [1.54, 1.807) is 56.3 Å². The van der Waals surface area contributed by atoms with E-state index in [0.717, 1.165) is 5.56 Å². The number of halogens is 1. The minimum Gasteiger partial charge on any atom is -0.467 e. The maximum absolute atomic E-state index is 12.9. The molecule has 4 aromatic rings. The number of amides is 2. The SMILES string of the molecule is COC(=O)C(Cc1ccccc1)NC(=O)c1ccc(-c2onc(C)c2NC(=O)OC(C)c2ccccc2Cl)cc1. The number of nitrogens with zero attached hydrogens (tertiary/aromatic N) is 1. The first-order chi connectivity index (χ1) is 19.3. The molecule has 0 saturated carbocycles. The van der Waals surface area contributed by atoms with Crippen LogP contribution >= 0.6 is 11.6 Å². The number of esters is 1. The number of rotatable bonds is 9. The van der Waals surface area contributed by atoms with Crippen LogP contribution in [0.3, 0.4) is 0 Å². The van der Waals surface area contributed by atoms with E-state index in [1.165, 1.54) is 7.11 Å². The van der Waals surface area contributed by atoms with Crippen LogP contribution in [0.4, 0.5) is 10.5 Å². The van der Waals surface area contributed by atoms with Crippen LogP contribution in [-0.4, -0.2) is 36.3 Å². The van der Waals surface area contributed by atoms with Gasteiger partial charge in [0.15, 0.2) is 5.76 Å². The summed E-state index contributed by atoms with van der Waals surface area (Å²) < 4.78 is 15.8. The molecule has 4 rings (SSSR count). The van der Waals surface area contributed by atoms with Crippen molar-refractivity contribution >= 4 is 35.3 Å². The summed E-state index contributed by atoms with van der Waals surface area (Å²) in [6.45, 7) is 3.40. The normalized spacial score (nSPS) is 12.2. The van der Waals surface area contributed by atoms with E-state index in [4.69, 9.17) is 25.6 Å². The van der Waals surface area contributed by atoms with Gasteiger partial charge in [-0.05, 0) is 37.6 Å². The average Bonchev–Trinajstić information content (AvgIpc) is 3.32. The van der Waals surface area contributed by atoms with E-state index < -0.39 is 30.1 Å². The summed E-state index contributed by atoms with van der Waals surface area (Å²) in [6, 6.07) is 22.1. The quantitative estimate of drug-likeness (QED) is 0.236. The number of anilines is 1. The Morgan fingerprint density at radius 2 is 1.65 bits per heavy atom. The summed E-state index contributed by atoms with van der Waals surface area (Å²) >= 11 is 6.21. The number of hydrogen-bond acceptors (Lipinski definition) is 7. The number of carbonyl (C=O) groups is 3. The molecule has 2 atom stereocenters. The van der Waals surface area contributed by atoms with Gasteiger partial charge in [0.1, 0.15) is 23.5 Å². The van der Waals surface area contributed by atoms with E-state index in [1.807, 2.05) is 36.4 Å². The molecule has 0 bridgehead atoms. The van der Waals surface area contributed by atoms with Gasteiger partial charge >= 0.3 is 12.1 Å². The first-order valence-corrected chi connectivity index (χ1v) is 12.9. The number of carbonyl (C=O) groups excluding carboxylic acids is 3. The molecule has 206 valence electrons. The Labute approximate surface area is 236 Å². The highest BCUT2D eigenvalue weighted by molar-refractivity contribution is 6.31. The van der Waals surface area contributed by atoms with Gasteiger partial charge < -0.3 is 19.3 Å². The second-order valence-corrected chi connectivity index (χ2v) is 9.39. The van der Waals surface area contributed by atoms with Crippen molar-refractivity contribution in [2.24, 2.45) is 0 Å². The van der Waals surface area contributed by atoms with Gasteiger partial charge in [-0.15, -0.1) is 0 Å². The lowest BCUT2D eigenvalue weighted by Crippen LogP contribution is -2.43. The topological polar surface area (TPSA) is 120 Å². The van der Waals surface area contributed by atoms with Crippen molar-refractivity contribution in [3.05, 3.63) is 106 Å². The Hall–Kier alpha value is -4.63. The first kappa shape index (κ1) is 28.4. The van der Waals surface area contributed by atoms with Crippen LogP contribution in [0.1, 0.15) is 40.2 Å². The summed E-state index contributed by atoms with van der Waals surface area (Å²) in [5.41, 5.74) is 3.23. The molecule has 0 aliphatic rings. The fourth-order valence-electron chi connectivity index (χ4n) is 4.07. The third-order valence-corrected chi connectivity index (χ3v) is 6.54. The highest BCUT2D eigenvalue weighted by Crippen LogP contribution is 2.32. The lowest BCUT2D eigenvalue weighted by molar-refractivity contribution is -0.142. The summed E-state index contributed by atoms with van der Waals surface area (Å²) in [6.07, 6.45) is -1.01. The zero-order chi connectivity index (χ0) is 28.6. The molecule has 10 heteroatoms. The van der Waals surface area contributed by atoms with Crippen LogP contribution in [0.2, 0.25) is 5.02 Å². The number of aryl methyl sites for hydroxylation is 1. The van der Waals surface area contributed by atoms with Gasteiger partial charge in [-0.25, -0.2) is 9.59 Å². The smallest absolute Gasteiger partial charge is 0.412 e. The van der Waals surface area contributed by atoms with Crippen molar-refractivity contribution in [3.63, 3.8) is 0 Å². The molecule has 2 N–H and O–H groups in total. The molecule has 0 spiro atoms. The van der Waals surface area contributed by atoms with Crippen molar-refractivity contribution in [3.8, 4) is 11.3 Å². The van der Waals surface area contributed by atoms with Crippen LogP contribution < -0.4 is 10.6 Å². The van der Waals surface area contributed by atoms with Crippen molar-refractivity contribution in [1.82, 2.24) is 10.5 Å². The molecule has 0 fully saturated rings. The van der Waals surface area contributed by atoms with Gasteiger partial charge in [-0.1, -0.05) is 77.4 Å². The van der Waals surface area contributed by atoms with E-state index in [-0.39, 0.29) is 6.42 Å². The number of aromatic nitrogens is 1. The zero-order valence-electron chi connectivity index (χ0n) is 22.1. The Kier molecular flexibility index (Phi) is 9.19. The number of nitrogens with one attached hydrogen (secondary N) is 2. The Morgan fingerprint density at radius 3 is 2.33 bits per heavy atom. The first-order valence-electron chi connectivity index (χ1n) is 12.5. The van der Waals surface area contributed by atoms with E-state index in [0.29, 0.717) is 38.9 Å². The molecule has 9 nitrogen and oxygen atoms in total. The Bertz CT molecular complexity index is 1490. The molecule has 3 aromatic carbocycles. The van der Waals surface area contributed by atoms with Crippen LogP contribution in [-0.2, 0) is 20.7 Å². The monoisotopic (exact) mass is 561 g/mol. The van der Waals surface area contributed by atoms with Crippen LogP contribution in [0, 0.1) is 6.92 Å². The molecule has 40 heavy (non-hydrogen) atoms. The molecular formula is C30H28ClN3O6. The number of methoxy groups -OCH3 is 1. The molecule has 0 saturated heterocycles. The van der Waals surface area contributed by atoms with Gasteiger partial charge in [0, 0.05) is 28.1 Å². The molecule has 1 heterocycles. The predicted molar refractivity (Wildman–Crippen MR) is 150 cm³/mol. The molecule has 0 radical (unpaired) electrons. The molecular weight excluding hydrogens is 534 g/mol. The Balaban J connectivity index is 1.45. The molecule has 0 aliphatic carbocycles. The molecule has 2 unspecified atom stereocenters. The molecule has 0 aliphatic heterocycles. The zero-order valence-corrected chi connectivity index (χ0v) is 22.9. The second-order valence-electron chi connectivity index (χ2n) is 8.98. The largest absolute Gasteiger partial charge is 0.467 e. The minimum absolute atomic E-state index is 0.287. The highest BCUT2D eigenvalue weighted by Gasteiger charge is 2.24. The summed E-state index contributed by atoms with van der Waals surface area (Å²) in [5, 5.41) is 9.89. The van der Waals surface area contributed by atoms with Gasteiger partial charge in [0.25, 0.3) is 5.91 Å². The van der Waals surface area contributed by atoms with Gasteiger partial charge in [0.05, 0.1) is 7.11 Å². The summed E-state index contributed by atoms with van der Waals surface area (Å²) in [4.78, 5) is 37.9. The van der Waals surface area contributed by atoms with Gasteiger partial charge in [0.2, 0.25) is 0 Å². The van der Waals surface area contributed by atoms with E-state index in [2.05, 4.69) is 15.8 Å². The molecule has 1 aromatic heterocycles. The third-order valence-electron chi connectivity index (χ3n) is 6.20. The maximum atomic E-state index is 12.9. The predicted octanol–water partition coefficient (Wildman–Crippen LogP) is 6.13. The minimum atomic E-state index is -0.855. The van der Waals surface area contributed by atoms with E-state index >= 15 is 0 Å². The third kappa shape index (κ3) is 6.86. The molecule has 2 amide bonds. The van der Waals surface area contributed by atoms with Crippen molar-refractivity contribution in [2.45, 2.75) is 32.4 Å². The number of ether oxygens (including phenoxy) is 2. The van der Waals surface area contributed by atoms with Gasteiger partial charge in [-0.3, -0.25) is 10.1 Å². The maximum Gasteiger partial charge on any atom is 0.412 e. The fraction of sp³-hybridized carbons (Fsp3) is 0.200. The summed E-state index contributed by atoms with van der Waals surface area (Å²) in [7, 11) is 1.28. The lowest BCUT2D eigenvalue weighted by atomic mass is 10.0. The van der Waals surface area contributed by atoms with Crippen LogP contribution in [0.5, 0.6) is 0 Å². The van der Waals surface area contributed by atoms with Crippen LogP contribution in [0.15, 0.2) is 83.4 Å². The summed E-state index contributed by atoms with van der Waals surface area (Å²) in [5.74, 6) is -0.692. The van der Waals surface area contributed by atoms with Crippen molar-refractivity contribution in [2.75, 3.05) is 12.4 Å². The lowest BCUT2D eigenvalue weighted by Gasteiger charge is -2.17. The van der Waals surface area contributed by atoms with E-state index in [9.17, 15) is 14.4 Å². The van der Waals surface area contributed by atoms with Crippen molar-refractivity contribution in [1.29, 1.82) is 0 Å². The van der Waals surface area contributed by atoms with Crippen molar-refractivity contribution < 1.29 is 28.4 Å². The van der Waals surface area contributed by atoms with Crippen LogP contribution in [0.25, 0.3) is 11.3 Å².